The van der Waals surface area contributed by atoms with Crippen molar-refractivity contribution < 1.29 is 0 Å². The first-order valence-electron chi connectivity index (χ1n) is 8.96. The molecule has 2 aliphatic rings. The van der Waals surface area contributed by atoms with Crippen molar-refractivity contribution in [1.29, 1.82) is 0 Å². The molecule has 4 heterocycles. The van der Waals surface area contributed by atoms with Crippen molar-refractivity contribution in [2.45, 2.75) is 25.7 Å². The normalized spacial score (nSPS) is 17.7. The third-order valence-corrected chi connectivity index (χ3v) is 5.63. The molecule has 1 saturated heterocycles. The van der Waals surface area contributed by atoms with Gasteiger partial charge in [0.25, 0.3) is 0 Å². The van der Waals surface area contributed by atoms with Crippen LogP contribution in [-0.2, 0) is 0 Å². The van der Waals surface area contributed by atoms with Crippen molar-refractivity contribution in [2.75, 3.05) is 36.0 Å². The van der Waals surface area contributed by atoms with Gasteiger partial charge in [-0.2, -0.15) is 9.47 Å². The maximum atomic E-state index is 4.72. The summed E-state index contributed by atoms with van der Waals surface area (Å²) in [6.45, 7) is 5.64. The minimum absolute atomic E-state index is 0.619. The average Bonchev–Trinajstić information content (AvgIpc) is 3.25. The summed E-state index contributed by atoms with van der Waals surface area (Å²) < 4.78 is 6.26. The van der Waals surface area contributed by atoms with Crippen LogP contribution in [0.4, 0.5) is 10.9 Å². The predicted molar refractivity (Wildman–Crippen MR) is 100 cm³/mol. The second kappa shape index (κ2) is 6.31. The van der Waals surface area contributed by atoms with Gasteiger partial charge >= 0.3 is 0 Å². The third kappa shape index (κ3) is 3.03. The summed E-state index contributed by atoms with van der Waals surface area (Å²) in [6, 6.07) is 5.94. The minimum atomic E-state index is 0.619. The van der Waals surface area contributed by atoms with E-state index in [1.165, 1.54) is 24.4 Å². The number of aryl methyl sites for hydroxylation is 1. The molecular formula is C17H20N8S. The number of aromatic nitrogens is 6. The quantitative estimate of drug-likeness (QED) is 0.697. The van der Waals surface area contributed by atoms with Gasteiger partial charge in [-0.25, -0.2) is 9.67 Å². The monoisotopic (exact) mass is 368 g/mol. The topological polar surface area (TPSA) is 75.9 Å². The maximum Gasteiger partial charge on any atom is 0.205 e. The van der Waals surface area contributed by atoms with Crippen LogP contribution in [0, 0.1) is 6.92 Å². The van der Waals surface area contributed by atoms with E-state index in [0.717, 1.165) is 54.5 Å². The number of anilines is 2. The summed E-state index contributed by atoms with van der Waals surface area (Å²) in [5, 5.41) is 14.1. The van der Waals surface area contributed by atoms with Gasteiger partial charge < -0.3 is 9.80 Å². The lowest BCUT2D eigenvalue weighted by Gasteiger charge is -2.34. The highest BCUT2D eigenvalue weighted by atomic mass is 32.1. The van der Waals surface area contributed by atoms with E-state index in [2.05, 4.69) is 29.5 Å². The number of rotatable bonds is 4. The molecule has 0 aromatic carbocycles. The molecule has 0 amide bonds. The van der Waals surface area contributed by atoms with E-state index in [1.54, 1.807) is 4.68 Å². The molecule has 0 radical (unpaired) electrons. The van der Waals surface area contributed by atoms with Crippen molar-refractivity contribution in [3.63, 3.8) is 0 Å². The summed E-state index contributed by atoms with van der Waals surface area (Å²) in [4.78, 5) is 9.31. The van der Waals surface area contributed by atoms with Gasteiger partial charge in [0.15, 0.2) is 11.6 Å². The van der Waals surface area contributed by atoms with E-state index in [-0.39, 0.29) is 0 Å². The second-order valence-corrected chi connectivity index (χ2v) is 7.57. The molecule has 5 rings (SSSR count). The Morgan fingerprint density at radius 2 is 1.69 bits per heavy atom. The summed E-state index contributed by atoms with van der Waals surface area (Å²) in [6.07, 6.45) is 4.39. The van der Waals surface area contributed by atoms with E-state index in [1.807, 2.05) is 31.3 Å². The lowest BCUT2D eigenvalue weighted by Crippen LogP contribution is -2.46. The Hall–Kier alpha value is -2.55. The highest BCUT2D eigenvalue weighted by Crippen LogP contribution is 2.39. The second-order valence-electron chi connectivity index (χ2n) is 6.83. The number of hydrogen-bond donors (Lipinski definition) is 0. The number of nitrogens with zero attached hydrogens (tertiary/aromatic N) is 8. The SMILES string of the molecule is Cc1ccn(-c2ccc(N3CCN(c4nc(C5CC5)ns4)CC3)nn2)n1. The van der Waals surface area contributed by atoms with Crippen LogP contribution in [0.25, 0.3) is 5.82 Å². The highest BCUT2D eigenvalue weighted by molar-refractivity contribution is 7.09. The predicted octanol–water partition coefficient (Wildman–Crippen LogP) is 2.03. The van der Waals surface area contributed by atoms with Crippen LogP contribution in [0.3, 0.4) is 0 Å². The zero-order valence-corrected chi connectivity index (χ0v) is 15.4. The molecule has 0 N–H and O–H groups in total. The summed E-state index contributed by atoms with van der Waals surface area (Å²) >= 11 is 1.53. The van der Waals surface area contributed by atoms with Gasteiger partial charge in [0.05, 0.1) is 5.69 Å². The van der Waals surface area contributed by atoms with E-state index in [4.69, 9.17) is 4.98 Å². The molecule has 134 valence electrons. The van der Waals surface area contributed by atoms with Crippen molar-refractivity contribution >= 4 is 22.5 Å². The van der Waals surface area contributed by atoms with E-state index < -0.39 is 0 Å². The fourth-order valence-corrected chi connectivity index (χ4v) is 3.94. The molecular weight excluding hydrogens is 348 g/mol. The molecule has 0 bridgehead atoms. The molecule has 0 unspecified atom stereocenters. The fourth-order valence-electron chi connectivity index (χ4n) is 3.14. The van der Waals surface area contributed by atoms with Crippen LogP contribution in [0.15, 0.2) is 24.4 Å². The number of hydrogen-bond acceptors (Lipinski definition) is 8. The Bertz CT molecular complexity index is 890. The fraction of sp³-hybridized carbons (Fsp3) is 0.471. The maximum absolute atomic E-state index is 4.72. The average molecular weight is 368 g/mol. The van der Waals surface area contributed by atoms with E-state index in [9.17, 15) is 0 Å². The molecule has 1 aliphatic heterocycles. The van der Waals surface area contributed by atoms with Crippen LogP contribution in [0.5, 0.6) is 0 Å². The zero-order chi connectivity index (χ0) is 17.5. The molecule has 9 heteroatoms. The van der Waals surface area contributed by atoms with Crippen LogP contribution in [-0.4, -0.2) is 55.5 Å². The van der Waals surface area contributed by atoms with Crippen molar-refractivity contribution in [1.82, 2.24) is 29.3 Å². The molecule has 8 nitrogen and oxygen atoms in total. The van der Waals surface area contributed by atoms with Gasteiger partial charge in [-0.1, -0.05) is 0 Å². The highest BCUT2D eigenvalue weighted by Gasteiger charge is 2.29. The molecule has 1 saturated carbocycles. The molecule has 2 fully saturated rings. The van der Waals surface area contributed by atoms with Crippen LogP contribution >= 0.6 is 11.5 Å². The molecule has 3 aromatic rings. The minimum Gasteiger partial charge on any atom is -0.352 e. The Kier molecular flexibility index (Phi) is 3.81. The Labute approximate surface area is 155 Å². The zero-order valence-electron chi connectivity index (χ0n) is 14.6. The Balaban J connectivity index is 1.23. The lowest BCUT2D eigenvalue weighted by atomic mass is 10.3. The first kappa shape index (κ1) is 15.7. The number of piperazine rings is 1. The largest absolute Gasteiger partial charge is 0.352 e. The van der Waals surface area contributed by atoms with Gasteiger partial charge in [-0.15, -0.1) is 10.2 Å². The molecule has 26 heavy (non-hydrogen) atoms. The first-order valence-corrected chi connectivity index (χ1v) is 9.73. The third-order valence-electron chi connectivity index (χ3n) is 4.84. The van der Waals surface area contributed by atoms with Crippen LogP contribution < -0.4 is 9.80 Å². The van der Waals surface area contributed by atoms with Gasteiger partial charge in [0, 0.05) is 49.8 Å². The Morgan fingerprint density at radius 1 is 0.962 bits per heavy atom. The van der Waals surface area contributed by atoms with Gasteiger partial charge in [0.1, 0.15) is 5.82 Å². The molecule has 0 atom stereocenters. The van der Waals surface area contributed by atoms with Crippen molar-refractivity contribution in [2.24, 2.45) is 0 Å². The van der Waals surface area contributed by atoms with Crippen LogP contribution in [0.2, 0.25) is 0 Å². The smallest absolute Gasteiger partial charge is 0.205 e. The van der Waals surface area contributed by atoms with E-state index >= 15 is 0 Å². The summed E-state index contributed by atoms with van der Waals surface area (Å²) in [7, 11) is 0. The van der Waals surface area contributed by atoms with Gasteiger partial charge in [-0.3, -0.25) is 0 Å². The van der Waals surface area contributed by atoms with Gasteiger partial charge in [0.2, 0.25) is 5.13 Å². The molecule has 1 aliphatic carbocycles. The summed E-state index contributed by atoms with van der Waals surface area (Å²) in [5.74, 6) is 3.31. The van der Waals surface area contributed by atoms with Gasteiger partial charge in [-0.05, 0) is 38.0 Å². The first-order chi connectivity index (χ1) is 12.8. The van der Waals surface area contributed by atoms with Crippen molar-refractivity contribution in [3.05, 3.63) is 35.9 Å². The van der Waals surface area contributed by atoms with E-state index in [0.29, 0.717) is 5.92 Å². The van der Waals surface area contributed by atoms with Crippen LogP contribution in [0.1, 0.15) is 30.3 Å². The molecule has 0 spiro atoms. The summed E-state index contributed by atoms with van der Waals surface area (Å²) in [5.41, 5.74) is 0.966. The standard InChI is InChI=1S/C17H20N8S/c1-12-6-7-25(21-12)15-5-4-14(19-20-15)23-8-10-24(11-9-23)17-18-16(22-26-17)13-2-3-13/h4-7,13H,2-3,8-11H2,1H3. The molecule has 3 aromatic heterocycles. The lowest BCUT2D eigenvalue weighted by molar-refractivity contribution is 0.640. The van der Waals surface area contributed by atoms with Crippen molar-refractivity contribution in [3.8, 4) is 5.82 Å². The Morgan fingerprint density at radius 3 is 2.35 bits per heavy atom.